The molecular weight excluding hydrogens is 298 g/mol. The van der Waals surface area contributed by atoms with Gasteiger partial charge in [-0.15, -0.1) is 0 Å². The van der Waals surface area contributed by atoms with Gasteiger partial charge in [-0.1, -0.05) is 0 Å². The van der Waals surface area contributed by atoms with Crippen molar-refractivity contribution in [1.82, 2.24) is 4.98 Å². The molecule has 4 nitrogen and oxygen atoms in total. The molecule has 4 heteroatoms. The molecule has 0 atom stereocenters. The number of aryl methyl sites for hydroxylation is 1. The minimum atomic E-state index is 0.770. The summed E-state index contributed by atoms with van der Waals surface area (Å²) in [6.07, 6.45) is 3.88. The predicted molar refractivity (Wildman–Crippen MR) is 97.5 cm³/mol. The lowest BCUT2D eigenvalue weighted by atomic mass is 10.1. The maximum absolute atomic E-state index is 6.17. The number of rotatable bonds is 2. The van der Waals surface area contributed by atoms with Crippen LogP contribution in [-0.4, -0.2) is 24.6 Å². The van der Waals surface area contributed by atoms with E-state index in [0.29, 0.717) is 0 Å². The van der Waals surface area contributed by atoms with Gasteiger partial charge in [-0.3, -0.25) is 4.99 Å². The topological polar surface area (TPSA) is 41.6 Å². The zero-order chi connectivity index (χ0) is 16.5. The number of nitrogens with zero attached hydrogens (tertiary/aromatic N) is 3. The van der Waals surface area contributed by atoms with E-state index in [0.717, 1.165) is 53.1 Å². The molecule has 0 N–H and O–H groups in total. The SMILES string of the molecule is CC/N=c1/cc2oc3cc(N4CCCCC4)ccc3nc-2cc1C. The maximum Gasteiger partial charge on any atom is 0.155 e. The van der Waals surface area contributed by atoms with Crippen molar-refractivity contribution < 1.29 is 4.42 Å². The monoisotopic (exact) mass is 321 g/mol. The molecule has 0 bridgehead atoms. The van der Waals surface area contributed by atoms with Crippen LogP contribution in [0.15, 0.2) is 39.7 Å². The Bertz CT molecular complexity index is 907. The molecule has 0 aromatic heterocycles. The Labute approximate surface area is 142 Å². The molecule has 1 aliphatic carbocycles. The molecule has 0 spiro atoms. The molecule has 1 saturated heterocycles. The minimum Gasteiger partial charge on any atom is -0.453 e. The van der Waals surface area contributed by atoms with E-state index >= 15 is 0 Å². The lowest BCUT2D eigenvalue weighted by Crippen LogP contribution is -2.29. The standard InChI is InChI=1S/C20H23N3O/c1-3-21-17-13-20-18(11-14(17)2)22-16-8-7-15(12-19(16)24-20)23-9-5-4-6-10-23/h7-8,11-13H,3-6,9-10H2,1-2H3/b21-17-. The van der Waals surface area contributed by atoms with E-state index in [2.05, 4.69) is 41.1 Å². The first-order chi connectivity index (χ1) is 11.7. The molecule has 2 aliphatic heterocycles. The Hall–Kier alpha value is -2.36. The van der Waals surface area contributed by atoms with Crippen LogP contribution in [0.1, 0.15) is 31.7 Å². The molecule has 3 aliphatic rings. The number of hydrogen-bond donors (Lipinski definition) is 0. The smallest absolute Gasteiger partial charge is 0.155 e. The number of hydrogen-bond acceptors (Lipinski definition) is 4. The van der Waals surface area contributed by atoms with Crippen LogP contribution in [0.2, 0.25) is 0 Å². The average molecular weight is 321 g/mol. The molecule has 0 radical (unpaired) electrons. The van der Waals surface area contributed by atoms with Crippen LogP contribution in [0.25, 0.3) is 22.6 Å². The van der Waals surface area contributed by atoms with Crippen LogP contribution in [0.5, 0.6) is 0 Å². The zero-order valence-electron chi connectivity index (χ0n) is 14.4. The fourth-order valence-corrected chi connectivity index (χ4v) is 3.45. The van der Waals surface area contributed by atoms with Crippen LogP contribution < -0.4 is 10.3 Å². The van der Waals surface area contributed by atoms with E-state index in [1.165, 1.54) is 24.9 Å². The number of fused-ring (bicyclic) bond motifs is 2. The van der Waals surface area contributed by atoms with Crippen LogP contribution in [0.4, 0.5) is 5.69 Å². The predicted octanol–water partition coefficient (Wildman–Crippen LogP) is 4.15. The van der Waals surface area contributed by atoms with Crippen molar-refractivity contribution >= 4 is 16.8 Å². The first kappa shape index (κ1) is 15.2. The Morgan fingerprint density at radius 2 is 1.96 bits per heavy atom. The molecule has 1 aromatic carbocycles. The second kappa shape index (κ2) is 6.27. The van der Waals surface area contributed by atoms with E-state index in [-0.39, 0.29) is 0 Å². The van der Waals surface area contributed by atoms with Crippen LogP contribution in [0, 0.1) is 6.92 Å². The Balaban J connectivity index is 1.84. The molecule has 124 valence electrons. The van der Waals surface area contributed by atoms with Crippen LogP contribution in [-0.2, 0) is 0 Å². The molecule has 0 saturated carbocycles. The van der Waals surface area contributed by atoms with Gasteiger partial charge >= 0.3 is 0 Å². The second-order valence-corrected chi connectivity index (χ2v) is 6.49. The summed E-state index contributed by atoms with van der Waals surface area (Å²) in [5.41, 5.74) is 5.01. The number of aromatic nitrogens is 1. The van der Waals surface area contributed by atoms with Crippen LogP contribution in [0.3, 0.4) is 0 Å². The molecule has 4 rings (SSSR count). The minimum absolute atomic E-state index is 0.770. The highest BCUT2D eigenvalue weighted by Gasteiger charge is 2.14. The fourth-order valence-electron chi connectivity index (χ4n) is 3.45. The number of anilines is 1. The maximum atomic E-state index is 6.17. The third kappa shape index (κ3) is 2.77. The molecule has 0 unspecified atom stereocenters. The Kier molecular flexibility index (Phi) is 3.97. The quantitative estimate of drug-likeness (QED) is 0.666. The van der Waals surface area contributed by atoms with Crippen LogP contribution >= 0.6 is 0 Å². The Morgan fingerprint density at radius 3 is 2.75 bits per heavy atom. The lowest BCUT2D eigenvalue weighted by molar-refractivity contribution is 0.576. The van der Waals surface area contributed by atoms with Gasteiger partial charge < -0.3 is 9.32 Å². The summed E-state index contributed by atoms with van der Waals surface area (Å²) in [6, 6.07) is 10.4. The van der Waals surface area contributed by atoms with Gasteiger partial charge in [0.15, 0.2) is 11.3 Å². The summed E-state index contributed by atoms with van der Waals surface area (Å²) >= 11 is 0. The van der Waals surface area contributed by atoms with Crippen molar-refractivity contribution in [3.8, 4) is 11.5 Å². The van der Waals surface area contributed by atoms with Crippen molar-refractivity contribution in [2.75, 3.05) is 24.5 Å². The van der Waals surface area contributed by atoms with Gasteiger partial charge in [-0.2, -0.15) is 0 Å². The lowest BCUT2D eigenvalue weighted by Gasteiger charge is -2.28. The van der Waals surface area contributed by atoms with Crippen molar-refractivity contribution in [2.45, 2.75) is 33.1 Å². The summed E-state index contributed by atoms with van der Waals surface area (Å²) in [7, 11) is 0. The third-order valence-electron chi connectivity index (χ3n) is 4.73. The number of benzene rings is 2. The van der Waals surface area contributed by atoms with E-state index < -0.39 is 0 Å². The van der Waals surface area contributed by atoms with Crippen molar-refractivity contribution in [3.63, 3.8) is 0 Å². The van der Waals surface area contributed by atoms with E-state index in [9.17, 15) is 0 Å². The Morgan fingerprint density at radius 1 is 1.12 bits per heavy atom. The largest absolute Gasteiger partial charge is 0.453 e. The highest BCUT2D eigenvalue weighted by molar-refractivity contribution is 5.80. The fraction of sp³-hybridized carbons (Fsp3) is 0.400. The van der Waals surface area contributed by atoms with E-state index in [4.69, 9.17) is 9.40 Å². The zero-order valence-corrected chi connectivity index (χ0v) is 14.4. The molecular formula is C20H23N3O. The normalized spacial score (nSPS) is 16.2. The average Bonchev–Trinajstić information content (AvgIpc) is 2.61. The molecule has 1 aromatic rings. The van der Waals surface area contributed by atoms with Gasteiger partial charge in [-0.25, -0.2) is 4.98 Å². The first-order valence-corrected chi connectivity index (χ1v) is 8.85. The highest BCUT2D eigenvalue weighted by atomic mass is 16.3. The second-order valence-electron chi connectivity index (χ2n) is 6.49. The van der Waals surface area contributed by atoms with E-state index in [1.807, 2.05) is 13.0 Å². The highest BCUT2D eigenvalue weighted by Crippen LogP contribution is 2.28. The first-order valence-electron chi connectivity index (χ1n) is 8.85. The van der Waals surface area contributed by atoms with Gasteiger partial charge in [0.1, 0.15) is 11.2 Å². The number of piperidine rings is 1. The van der Waals surface area contributed by atoms with Gasteiger partial charge in [0, 0.05) is 37.5 Å². The molecule has 0 amide bonds. The molecule has 1 fully saturated rings. The summed E-state index contributed by atoms with van der Waals surface area (Å²) in [6.45, 7) is 7.15. The molecule has 24 heavy (non-hydrogen) atoms. The van der Waals surface area contributed by atoms with Crippen molar-refractivity contribution in [3.05, 3.63) is 41.3 Å². The van der Waals surface area contributed by atoms with Gasteiger partial charge in [0.2, 0.25) is 0 Å². The molecule has 2 heterocycles. The van der Waals surface area contributed by atoms with Crippen molar-refractivity contribution in [1.29, 1.82) is 0 Å². The van der Waals surface area contributed by atoms with E-state index in [1.54, 1.807) is 0 Å². The summed E-state index contributed by atoms with van der Waals surface area (Å²) in [4.78, 5) is 11.7. The summed E-state index contributed by atoms with van der Waals surface area (Å²) in [5.74, 6) is 0.802. The van der Waals surface area contributed by atoms with Gasteiger partial charge in [0.25, 0.3) is 0 Å². The summed E-state index contributed by atoms with van der Waals surface area (Å²) < 4.78 is 6.17. The van der Waals surface area contributed by atoms with Gasteiger partial charge in [-0.05, 0) is 56.9 Å². The van der Waals surface area contributed by atoms with Crippen molar-refractivity contribution in [2.24, 2.45) is 4.99 Å². The van der Waals surface area contributed by atoms with Gasteiger partial charge in [0.05, 0.1) is 5.36 Å². The third-order valence-corrected chi connectivity index (χ3v) is 4.73. The summed E-state index contributed by atoms with van der Waals surface area (Å²) in [5, 5.41) is 0.988.